The summed E-state index contributed by atoms with van der Waals surface area (Å²) in [6, 6.07) is 9.89. The summed E-state index contributed by atoms with van der Waals surface area (Å²) in [6.07, 6.45) is 1.16. The number of carbonyl (C=O) groups excluding carboxylic acids is 1. The number of rotatable bonds is 8. The van der Waals surface area contributed by atoms with Gasteiger partial charge in [-0.25, -0.2) is 0 Å². The number of thiophene rings is 1. The molecule has 0 saturated heterocycles. The van der Waals surface area contributed by atoms with Crippen molar-refractivity contribution in [2.45, 2.75) is 17.7 Å². The molecule has 0 spiro atoms. The minimum atomic E-state index is -0.129. The van der Waals surface area contributed by atoms with E-state index in [9.17, 15) is 4.79 Å². The van der Waals surface area contributed by atoms with Crippen LogP contribution >= 0.6 is 23.1 Å². The smallest absolute Gasteiger partial charge is 0.322 e. The lowest BCUT2D eigenvalue weighted by Crippen LogP contribution is -2.11. The highest BCUT2D eigenvalue weighted by Crippen LogP contribution is 2.23. The van der Waals surface area contributed by atoms with E-state index >= 15 is 0 Å². The van der Waals surface area contributed by atoms with Gasteiger partial charge in [0.2, 0.25) is 5.91 Å². The SMILES string of the molecule is COc1ccc(SCCCC(=O)Nc2nnc(-c3ccsc3)o2)cc1. The number of aromatic nitrogens is 2. The van der Waals surface area contributed by atoms with Crippen LogP contribution in [-0.4, -0.2) is 29.0 Å². The van der Waals surface area contributed by atoms with Crippen molar-refractivity contribution in [1.29, 1.82) is 0 Å². The Kier molecular flexibility index (Phi) is 6.08. The van der Waals surface area contributed by atoms with Gasteiger partial charge in [-0.3, -0.25) is 10.1 Å². The molecule has 3 rings (SSSR count). The zero-order valence-corrected chi connectivity index (χ0v) is 15.2. The Labute approximate surface area is 153 Å². The Hall–Kier alpha value is -2.32. The van der Waals surface area contributed by atoms with Crippen LogP contribution < -0.4 is 10.1 Å². The molecule has 0 unspecified atom stereocenters. The maximum Gasteiger partial charge on any atom is 0.322 e. The summed E-state index contributed by atoms with van der Waals surface area (Å²) in [6.45, 7) is 0. The largest absolute Gasteiger partial charge is 0.497 e. The first kappa shape index (κ1) is 17.5. The predicted molar refractivity (Wildman–Crippen MR) is 99.2 cm³/mol. The molecule has 2 heterocycles. The average Bonchev–Trinajstić information content (AvgIpc) is 3.31. The van der Waals surface area contributed by atoms with Crippen molar-refractivity contribution in [2.75, 3.05) is 18.2 Å². The van der Waals surface area contributed by atoms with Gasteiger partial charge in [0.15, 0.2) is 0 Å². The van der Waals surface area contributed by atoms with E-state index in [1.165, 1.54) is 0 Å². The van der Waals surface area contributed by atoms with Gasteiger partial charge in [0, 0.05) is 22.3 Å². The van der Waals surface area contributed by atoms with E-state index in [0.29, 0.717) is 12.3 Å². The molecular formula is C17H17N3O3S2. The van der Waals surface area contributed by atoms with Crippen molar-refractivity contribution in [3.63, 3.8) is 0 Å². The Morgan fingerprint density at radius 3 is 2.84 bits per heavy atom. The summed E-state index contributed by atoms with van der Waals surface area (Å²) >= 11 is 3.25. The van der Waals surface area contributed by atoms with E-state index in [2.05, 4.69) is 15.5 Å². The summed E-state index contributed by atoms with van der Waals surface area (Å²) in [7, 11) is 1.65. The lowest BCUT2D eigenvalue weighted by Gasteiger charge is -2.03. The number of hydrogen-bond acceptors (Lipinski definition) is 7. The molecule has 0 fully saturated rings. The highest BCUT2D eigenvalue weighted by atomic mass is 32.2. The fraction of sp³-hybridized carbons (Fsp3) is 0.235. The molecule has 25 heavy (non-hydrogen) atoms. The van der Waals surface area contributed by atoms with Gasteiger partial charge in [-0.15, -0.1) is 16.9 Å². The summed E-state index contributed by atoms with van der Waals surface area (Å²) in [5, 5.41) is 14.2. The van der Waals surface area contributed by atoms with Gasteiger partial charge in [0.1, 0.15) is 5.75 Å². The molecule has 0 bridgehead atoms. The maximum absolute atomic E-state index is 11.9. The van der Waals surface area contributed by atoms with E-state index < -0.39 is 0 Å². The molecule has 0 saturated carbocycles. The first-order valence-electron chi connectivity index (χ1n) is 7.67. The Bertz CT molecular complexity index is 801. The van der Waals surface area contributed by atoms with Gasteiger partial charge < -0.3 is 9.15 Å². The highest BCUT2D eigenvalue weighted by Gasteiger charge is 2.11. The van der Waals surface area contributed by atoms with Gasteiger partial charge in [0.25, 0.3) is 5.89 Å². The predicted octanol–water partition coefficient (Wildman–Crippen LogP) is 4.32. The van der Waals surface area contributed by atoms with E-state index in [-0.39, 0.29) is 11.9 Å². The molecule has 1 amide bonds. The Morgan fingerprint density at radius 1 is 1.28 bits per heavy atom. The number of methoxy groups -OCH3 is 1. The topological polar surface area (TPSA) is 77.2 Å². The van der Waals surface area contributed by atoms with E-state index in [0.717, 1.165) is 28.4 Å². The molecule has 0 radical (unpaired) electrons. The number of thioether (sulfide) groups is 1. The summed E-state index contributed by atoms with van der Waals surface area (Å²) in [5.41, 5.74) is 0.855. The number of nitrogens with one attached hydrogen (secondary N) is 1. The second-order valence-corrected chi connectivity index (χ2v) is 7.05. The third-order valence-corrected chi connectivity index (χ3v) is 5.10. The summed E-state index contributed by atoms with van der Waals surface area (Å²) in [5.74, 6) is 1.97. The number of ether oxygens (including phenoxy) is 1. The van der Waals surface area contributed by atoms with Crippen molar-refractivity contribution in [2.24, 2.45) is 0 Å². The van der Waals surface area contributed by atoms with Crippen LogP contribution in [0.4, 0.5) is 6.01 Å². The van der Waals surface area contributed by atoms with Crippen LogP contribution in [0.1, 0.15) is 12.8 Å². The number of anilines is 1. The first-order valence-corrected chi connectivity index (χ1v) is 9.60. The van der Waals surface area contributed by atoms with Crippen LogP contribution in [0, 0.1) is 0 Å². The van der Waals surface area contributed by atoms with Crippen molar-refractivity contribution < 1.29 is 13.9 Å². The van der Waals surface area contributed by atoms with Crippen molar-refractivity contribution in [1.82, 2.24) is 10.2 Å². The van der Waals surface area contributed by atoms with Crippen molar-refractivity contribution >= 4 is 35.0 Å². The minimum Gasteiger partial charge on any atom is -0.497 e. The molecule has 8 heteroatoms. The van der Waals surface area contributed by atoms with Gasteiger partial charge in [0.05, 0.1) is 7.11 Å². The molecule has 0 aliphatic carbocycles. The zero-order valence-electron chi connectivity index (χ0n) is 13.6. The van der Waals surface area contributed by atoms with Crippen LogP contribution in [0.2, 0.25) is 0 Å². The number of carbonyl (C=O) groups is 1. The number of nitrogens with zero attached hydrogens (tertiary/aromatic N) is 2. The summed E-state index contributed by atoms with van der Waals surface area (Å²) in [4.78, 5) is 13.1. The van der Waals surface area contributed by atoms with Gasteiger partial charge in [-0.2, -0.15) is 11.3 Å². The van der Waals surface area contributed by atoms with Crippen LogP contribution in [0.3, 0.4) is 0 Å². The maximum atomic E-state index is 11.9. The summed E-state index contributed by atoms with van der Waals surface area (Å²) < 4.78 is 10.6. The van der Waals surface area contributed by atoms with Crippen LogP contribution in [0.5, 0.6) is 5.75 Å². The second kappa shape index (κ2) is 8.68. The lowest BCUT2D eigenvalue weighted by molar-refractivity contribution is -0.116. The molecule has 1 N–H and O–H groups in total. The first-order chi connectivity index (χ1) is 12.2. The Balaban J connectivity index is 1.39. The van der Waals surface area contributed by atoms with E-state index in [1.807, 2.05) is 41.1 Å². The van der Waals surface area contributed by atoms with Crippen LogP contribution in [0.15, 0.2) is 50.4 Å². The van der Waals surface area contributed by atoms with E-state index in [4.69, 9.17) is 9.15 Å². The molecular weight excluding hydrogens is 358 g/mol. The number of amides is 1. The molecule has 1 aromatic carbocycles. The average molecular weight is 375 g/mol. The van der Waals surface area contributed by atoms with Crippen LogP contribution in [-0.2, 0) is 4.79 Å². The normalized spacial score (nSPS) is 10.6. The highest BCUT2D eigenvalue weighted by molar-refractivity contribution is 7.99. The van der Waals surface area contributed by atoms with Gasteiger partial charge in [-0.1, -0.05) is 5.10 Å². The minimum absolute atomic E-state index is 0.129. The van der Waals surface area contributed by atoms with Crippen molar-refractivity contribution in [3.05, 3.63) is 41.1 Å². The Morgan fingerprint density at radius 2 is 2.12 bits per heavy atom. The quantitative estimate of drug-likeness (QED) is 0.467. The molecule has 130 valence electrons. The lowest BCUT2D eigenvalue weighted by atomic mass is 10.3. The van der Waals surface area contributed by atoms with Crippen LogP contribution in [0.25, 0.3) is 11.5 Å². The fourth-order valence-electron chi connectivity index (χ4n) is 2.05. The monoisotopic (exact) mass is 375 g/mol. The fourth-order valence-corrected chi connectivity index (χ4v) is 3.54. The third-order valence-electron chi connectivity index (χ3n) is 3.32. The van der Waals surface area contributed by atoms with Gasteiger partial charge >= 0.3 is 6.01 Å². The molecule has 6 nitrogen and oxygen atoms in total. The number of hydrogen-bond donors (Lipinski definition) is 1. The molecule has 0 atom stereocenters. The standard InChI is InChI=1S/C17H17N3O3S2/c1-22-13-4-6-14(7-5-13)25-9-2-3-15(21)18-17-20-19-16(23-17)12-8-10-24-11-12/h4-8,10-11H,2-3,9H2,1H3,(H,18,20,21). The zero-order chi connectivity index (χ0) is 17.5. The second-order valence-electron chi connectivity index (χ2n) is 5.10. The van der Waals surface area contributed by atoms with E-state index in [1.54, 1.807) is 30.2 Å². The number of benzene rings is 1. The molecule has 2 aromatic heterocycles. The third kappa shape index (κ3) is 5.07. The van der Waals surface area contributed by atoms with Crippen molar-refractivity contribution in [3.8, 4) is 17.2 Å². The van der Waals surface area contributed by atoms with Gasteiger partial charge in [-0.05, 0) is 47.9 Å². The molecule has 0 aliphatic heterocycles. The molecule has 3 aromatic rings. The molecule has 0 aliphatic rings.